The molecule has 1 unspecified atom stereocenters. The van der Waals surface area contributed by atoms with E-state index in [9.17, 15) is 13.2 Å². The van der Waals surface area contributed by atoms with Gasteiger partial charge in [0, 0.05) is 19.7 Å². The number of likely N-dealkylation sites (N-methyl/N-ethyl adjacent to an activating group) is 1. The summed E-state index contributed by atoms with van der Waals surface area (Å²) in [6, 6.07) is 0.965. The molecule has 0 aliphatic heterocycles. The van der Waals surface area contributed by atoms with Crippen molar-refractivity contribution in [2.75, 3.05) is 20.3 Å². The van der Waals surface area contributed by atoms with Crippen LogP contribution in [0, 0.1) is 0 Å². The van der Waals surface area contributed by atoms with Crippen LogP contribution in [0.15, 0.2) is 16.3 Å². The van der Waals surface area contributed by atoms with Gasteiger partial charge < -0.3 is 9.84 Å². The number of carbonyl (C=O) groups is 1. The molecule has 0 bridgehead atoms. The van der Waals surface area contributed by atoms with Crippen LogP contribution < -0.4 is 0 Å². The second-order valence-electron chi connectivity index (χ2n) is 3.93. The molecule has 0 spiro atoms. The highest BCUT2D eigenvalue weighted by Gasteiger charge is 2.32. The van der Waals surface area contributed by atoms with Gasteiger partial charge in [-0.3, -0.25) is 0 Å². The fourth-order valence-corrected chi connectivity index (χ4v) is 4.69. The summed E-state index contributed by atoms with van der Waals surface area (Å²) < 4.78 is 31.2. The van der Waals surface area contributed by atoms with E-state index in [4.69, 9.17) is 9.84 Å². The number of rotatable bonds is 7. The fourth-order valence-electron chi connectivity index (χ4n) is 1.83. The van der Waals surface area contributed by atoms with Crippen LogP contribution in [0.2, 0.25) is 0 Å². The molecule has 0 saturated carbocycles. The SMILES string of the molecule is CCN(C(C)COC)S(=O)(=O)c1ccsc1C(=O)O. The molecule has 108 valence electrons. The van der Waals surface area contributed by atoms with Gasteiger partial charge in [-0.2, -0.15) is 4.31 Å². The highest BCUT2D eigenvalue weighted by molar-refractivity contribution is 7.89. The lowest BCUT2D eigenvalue weighted by atomic mass is 10.4. The van der Waals surface area contributed by atoms with Gasteiger partial charge in [0.25, 0.3) is 0 Å². The van der Waals surface area contributed by atoms with Crippen molar-refractivity contribution in [3.63, 3.8) is 0 Å². The molecule has 0 saturated heterocycles. The van der Waals surface area contributed by atoms with Crippen LogP contribution in [-0.2, 0) is 14.8 Å². The number of hydrogen-bond acceptors (Lipinski definition) is 5. The zero-order valence-corrected chi connectivity index (χ0v) is 12.6. The number of carboxylic acid groups (broad SMARTS) is 1. The van der Waals surface area contributed by atoms with Crippen molar-refractivity contribution in [2.24, 2.45) is 0 Å². The van der Waals surface area contributed by atoms with Crippen molar-refractivity contribution in [3.8, 4) is 0 Å². The van der Waals surface area contributed by atoms with Gasteiger partial charge in [0.15, 0.2) is 0 Å². The normalized spacial score (nSPS) is 13.7. The van der Waals surface area contributed by atoms with Crippen LogP contribution in [0.3, 0.4) is 0 Å². The Kier molecular flexibility index (Phi) is 5.48. The summed E-state index contributed by atoms with van der Waals surface area (Å²) in [5, 5.41) is 10.5. The molecule has 1 heterocycles. The number of methoxy groups -OCH3 is 1. The third kappa shape index (κ3) is 3.33. The van der Waals surface area contributed by atoms with Gasteiger partial charge in [-0.1, -0.05) is 6.92 Å². The Morgan fingerprint density at radius 1 is 1.58 bits per heavy atom. The smallest absolute Gasteiger partial charge is 0.347 e. The molecule has 1 rings (SSSR count). The van der Waals surface area contributed by atoms with E-state index in [1.54, 1.807) is 13.8 Å². The minimum atomic E-state index is -3.82. The van der Waals surface area contributed by atoms with Crippen molar-refractivity contribution in [2.45, 2.75) is 24.8 Å². The van der Waals surface area contributed by atoms with Crippen LogP contribution in [-0.4, -0.2) is 50.1 Å². The maximum atomic E-state index is 12.5. The van der Waals surface area contributed by atoms with Crippen molar-refractivity contribution in [1.82, 2.24) is 4.31 Å². The molecular weight excluding hydrogens is 290 g/mol. The Labute approximate surface area is 116 Å². The number of ether oxygens (including phenoxy) is 1. The van der Waals surface area contributed by atoms with Gasteiger partial charge in [0.1, 0.15) is 9.77 Å². The molecular formula is C11H17NO5S2. The minimum Gasteiger partial charge on any atom is -0.477 e. The van der Waals surface area contributed by atoms with Crippen LogP contribution in [0.1, 0.15) is 23.5 Å². The molecule has 6 nitrogen and oxygen atoms in total. The zero-order valence-electron chi connectivity index (χ0n) is 11.0. The maximum absolute atomic E-state index is 12.5. The van der Waals surface area contributed by atoms with Gasteiger partial charge >= 0.3 is 5.97 Å². The summed E-state index contributed by atoms with van der Waals surface area (Å²) in [7, 11) is -2.33. The highest BCUT2D eigenvalue weighted by Crippen LogP contribution is 2.26. The average molecular weight is 307 g/mol. The van der Waals surface area contributed by atoms with Crippen molar-refractivity contribution in [3.05, 3.63) is 16.3 Å². The molecule has 0 amide bonds. The first-order valence-electron chi connectivity index (χ1n) is 5.67. The Hall–Kier alpha value is -0.960. The molecule has 1 aromatic heterocycles. The number of hydrogen-bond donors (Lipinski definition) is 1. The maximum Gasteiger partial charge on any atom is 0.347 e. The molecule has 1 atom stereocenters. The Bertz CT molecular complexity index is 537. The van der Waals surface area contributed by atoms with Gasteiger partial charge in [-0.15, -0.1) is 11.3 Å². The Balaban J connectivity index is 3.21. The molecule has 8 heteroatoms. The monoisotopic (exact) mass is 307 g/mol. The number of thiophene rings is 1. The Morgan fingerprint density at radius 2 is 2.21 bits per heavy atom. The van der Waals surface area contributed by atoms with Crippen LogP contribution >= 0.6 is 11.3 Å². The first-order chi connectivity index (χ1) is 8.86. The average Bonchev–Trinajstić information content (AvgIpc) is 2.79. The second-order valence-corrected chi connectivity index (χ2v) is 6.71. The Morgan fingerprint density at radius 3 is 2.68 bits per heavy atom. The van der Waals surface area contributed by atoms with Gasteiger partial charge in [0.2, 0.25) is 10.0 Å². The number of sulfonamides is 1. The molecule has 19 heavy (non-hydrogen) atoms. The van der Waals surface area contributed by atoms with Gasteiger partial charge in [-0.05, 0) is 18.4 Å². The van der Waals surface area contributed by atoms with E-state index in [-0.39, 0.29) is 29.0 Å². The summed E-state index contributed by atoms with van der Waals surface area (Å²) in [4.78, 5) is 10.7. The van der Waals surface area contributed by atoms with Crippen LogP contribution in [0.25, 0.3) is 0 Å². The summed E-state index contributed by atoms with van der Waals surface area (Å²) >= 11 is 0.901. The third-order valence-electron chi connectivity index (χ3n) is 2.62. The molecule has 0 aromatic carbocycles. The lowest BCUT2D eigenvalue weighted by Gasteiger charge is -2.26. The topological polar surface area (TPSA) is 83.9 Å². The fraction of sp³-hybridized carbons (Fsp3) is 0.545. The van der Waals surface area contributed by atoms with E-state index in [2.05, 4.69) is 0 Å². The first kappa shape index (κ1) is 16.1. The van der Waals surface area contributed by atoms with Crippen molar-refractivity contribution < 1.29 is 23.1 Å². The van der Waals surface area contributed by atoms with Gasteiger partial charge in [-0.25, -0.2) is 13.2 Å². The molecule has 0 aliphatic rings. The van der Waals surface area contributed by atoms with E-state index in [1.165, 1.54) is 22.9 Å². The van der Waals surface area contributed by atoms with E-state index >= 15 is 0 Å². The molecule has 0 radical (unpaired) electrons. The number of aromatic carboxylic acids is 1. The molecule has 0 aliphatic carbocycles. The number of nitrogens with zero attached hydrogens (tertiary/aromatic N) is 1. The van der Waals surface area contributed by atoms with E-state index < -0.39 is 16.0 Å². The summed E-state index contributed by atoms with van der Waals surface area (Å²) in [6.45, 7) is 3.93. The zero-order chi connectivity index (χ0) is 14.6. The lowest BCUT2D eigenvalue weighted by Crippen LogP contribution is -2.41. The first-order valence-corrected chi connectivity index (χ1v) is 7.99. The highest BCUT2D eigenvalue weighted by atomic mass is 32.2. The second kappa shape index (κ2) is 6.47. The van der Waals surface area contributed by atoms with E-state index in [0.717, 1.165) is 11.3 Å². The van der Waals surface area contributed by atoms with Crippen molar-refractivity contribution >= 4 is 27.3 Å². The number of carboxylic acids is 1. The largest absolute Gasteiger partial charge is 0.477 e. The summed E-state index contributed by atoms with van der Waals surface area (Å²) in [6.07, 6.45) is 0. The van der Waals surface area contributed by atoms with E-state index in [0.29, 0.717) is 0 Å². The molecule has 0 fully saturated rings. The predicted molar refractivity (Wildman–Crippen MR) is 72.2 cm³/mol. The quantitative estimate of drug-likeness (QED) is 0.825. The summed E-state index contributed by atoms with van der Waals surface area (Å²) in [5.74, 6) is -1.23. The van der Waals surface area contributed by atoms with Crippen molar-refractivity contribution in [1.29, 1.82) is 0 Å². The minimum absolute atomic E-state index is 0.158. The van der Waals surface area contributed by atoms with Crippen LogP contribution in [0.5, 0.6) is 0 Å². The lowest BCUT2D eigenvalue weighted by molar-refractivity contribution is 0.0698. The van der Waals surface area contributed by atoms with Gasteiger partial charge in [0.05, 0.1) is 6.61 Å². The molecule has 1 aromatic rings. The summed E-state index contributed by atoms with van der Waals surface area (Å²) in [5.41, 5.74) is 0. The van der Waals surface area contributed by atoms with Crippen LogP contribution in [0.4, 0.5) is 0 Å². The van der Waals surface area contributed by atoms with E-state index in [1.807, 2.05) is 0 Å². The standard InChI is InChI=1S/C11H17NO5S2/c1-4-12(8(2)7-17-3)19(15,16)9-5-6-18-10(9)11(13)14/h5-6,8H,4,7H2,1-3H3,(H,13,14). The third-order valence-corrected chi connectivity index (χ3v) is 5.78. The molecule has 1 N–H and O–H groups in total. The predicted octanol–water partition coefficient (Wildman–Crippen LogP) is 1.49.